The first-order valence-electron chi connectivity index (χ1n) is 4.93. The van der Waals surface area contributed by atoms with Crippen LogP contribution in [0.15, 0.2) is 18.2 Å². The number of hydrogen-bond donors (Lipinski definition) is 1. The van der Waals surface area contributed by atoms with E-state index in [1.165, 1.54) is 0 Å². The molecule has 15 heavy (non-hydrogen) atoms. The fourth-order valence-corrected chi connectivity index (χ4v) is 2.56. The Labute approximate surface area is 92.1 Å². The molecule has 0 bridgehead atoms. The summed E-state index contributed by atoms with van der Waals surface area (Å²) in [7, 11) is 0. The number of nitrogens with zero attached hydrogens (tertiary/aromatic N) is 1. The van der Waals surface area contributed by atoms with Gasteiger partial charge in [-0.15, -0.1) is 11.3 Å². The third-order valence-corrected chi connectivity index (χ3v) is 3.20. The largest absolute Gasteiger partial charge is 0.329 e. The molecule has 1 heterocycles. The van der Waals surface area contributed by atoms with E-state index in [2.05, 4.69) is 17.2 Å². The van der Waals surface area contributed by atoms with Crippen molar-refractivity contribution in [3.05, 3.63) is 23.2 Å². The predicted octanol–water partition coefficient (Wildman–Crippen LogP) is 2.82. The van der Waals surface area contributed by atoms with Gasteiger partial charge >= 0.3 is 0 Å². The Kier molecular flexibility index (Phi) is 2.97. The fourth-order valence-electron chi connectivity index (χ4n) is 1.45. The third kappa shape index (κ3) is 2.15. The number of amides is 1. The van der Waals surface area contributed by atoms with Crippen LogP contribution in [0.25, 0.3) is 10.2 Å². The van der Waals surface area contributed by atoms with Gasteiger partial charge in [-0.3, -0.25) is 4.79 Å². The lowest BCUT2D eigenvalue weighted by Crippen LogP contribution is -1.92. The highest BCUT2D eigenvalue weighted by atomic mass is 32.1. The van der Waals surface area contributed by atoms with E-state index in [0.29, 0.717) is 6.41 Å². The standard InChI is InChI=1S/C11H12N2OS/c1-2-3-11-13-9-5-4-8(12-7-14)6-10(9)15-11/h4-7H,2-3H2,1H3,(H,12,14). The highest BCUT2D eigenvalue weighted by molar-refractivity contribution is 7.18. The average Bonchev–Trinajstić information content (AvgIpc) is 2.60. The monoisotopic (exact) mass is 220 g/mol. The summed E-state index contributed by atoms with van der Waals surface area (Å²) in [6, 6.07) is 5.77. The molecule has 0 saturated carbocycles. The lowest BCUT2D eigenvalue weighted by atomic mass is 10.3. The predicted molar refractivity (Wildman–Crippen MR) is 63.3 cm³/mol. The van der Waals surface area contributed by atoms with E-state index in [1.54, 1.807) is 11.3 Å². The molecule has 0 radical (unpaired) electrons. The molecule has 1 amide bonds. The van der Waals surface area contributed by atoms with Crippen LogP contribution in [0, 0.1) is 0 Å². The minimum atomic E-state index is 0.690. The summed E-state index contributed by atoms with van der Waals surface area (Å²) in [6.07, 6.45) is 2.82. The highest BCUT2D eigenvalue weighted by Crippen LogP contribution is 2.25. The molecule has 0 aliphatic heterocycles. The van der Waals surface area contributed by atoms with Gasteiger partial charge < -0.3 is 5.32 Å². The lowest BCUT2D eigenvalue weighted by molar-refractivity contribution is -0.105. The van der Waals surface area contributed by atoms with Crippen molar-refractivity contribution in [2.45, 2.75) is 19.8 Å². The van der Waals surface area contributed by atoms with E-state index < -0.39 is 0 Å². The molecule has 0 saturated heterocycles. The van der Waals surface area contributed by atoms with Gasteiger partial charge in [0.25, 0.3) is 0 Å². The second-order valence-electron chi connectivity index (χ2n) is 3.30. The van der Waals surface area contributed by atoms with Gasteiger partial charge in [0, 0.05) is 5.69 Å². The van der Waals surface area contributed by atoms with Crippen molar-refractivity contribution in [1.29, 1.82) is 0 Å². The Bertz CT molecular complexity index is 478. The number of hydrogen-bond acceptors (Lipinski definition) is 3. The van der Waals surface area contributed by atoms with Crippen molar-refractivity contribution in [2.24, 2.45) is 0 Å². The first-order valence-corrected chi connectivity index (χ1v) is 5.75. The number of aromatic nitrogens is 1. The molecule has 0 fully saturated rings. The molecule has 0 aliphatic carbocycles. The summed E-state index contributed by atoms with van der Waals surface area (Å²) < 4.78 is 1.13. The van der Waals surface area contributed by atoms with Crippen molar-refractivity contribution in [2.75, 3.05) is 5.32 Å². The van der Waals surface area contributed by atoms with Crippen molar-refractivity contribution in [3.63, 3.8) is 0 Å². The second-order valence-corrected chi connectivity index (χ2v) is 4.42. The van der Waals surface area contributed by atoms with E-state index in [4.69, 9.17) is 0 Å². The van der Waals surface area contributed by atoms with Crippen LogP contribution < -0.4 is 5.32 Å². The molecule has 3 nitrogen and oxygen atoms in total. The van der Waals surface area contributed by atoms with E-state index in [-0.39, 0.29) is 0 Å². The Morgan fingerprint density at radius 2 is 2.40 bits per heavy atom. The Morgan fingerprint density at radius 1 is 1.53 bits per heavy atom. The molecule has 2 rings (SSSR count). The van der Waals surface area contributed by atoms with Crippen molar-refractivity contribution < 1.29 is 4.79 Å². The Hall–Kier alpha value is -1.42. The van der Waals surface area contributed by atoms with Gasteiger partial charge in [-0.1, -0.05) is 6.92 Å². The zero-order chi connectivity index (χ0) is 10.7. The maximum atomic E-state index is 10.3. The molecule has 0 atom stereocenters. The Balaban J connectivity index is 2.38. The summed E-state index contributed by atoms with van der Waals surface area (Å²) in [5, 5.41) is 3.80. The summed E-state index contributed by atoms with van der Waals surface area (Å²) in [5.41, 5.74) is 1.84. The molecule has 0 aliphatic rings. The number of benzene rings is 1. The normalized spacial score (nSPS) is 10.5. The van der Waals surface area contributed by atoms with Crippen LogP contribution in [-0.2, 0) is 11.2 Å². The second kappa shape index (κ2) is 4.40. The van der Waals surface area contributed by atoms with Gasteiger partial charge in [0.1, 0.15) is 0 Å². The van der Waals surface area contributed by atoms with Gasteiger partial charge in [-0.25, -0.2) is 4.98 Å². The minimum Gasteiger partial charge on any atom is -0.329 e. The van der Waals surface area contributed by atoms with E-state index in [0.717, 1.165) is 33.8 Å². The summed E-state index contributed by atoms with van der Waals surface area (Å²) >= 11 is 1.69. The van der Waals surface area contributed by atoms with Crippen LogP contribution in [0.4, 0.5) is 5.69 Å². The summed E-state index contributed by atoms with van der Waals surface area (Å²) in [5.74, 6) is 0. The summed E-state index contributed by atoms with van der Waals surface area (Å²) in [4.78, 5) is 14.8. The number of nitrogens with one attached hydrogen (secondary N) is 1. The molecule has 1 aromatic carbocycles. The van der Waals surface area contributed by atoms with Crippen LogP contribution in [0.3, 0.4) is 0 Å². The molecule has 78 valence electrons. The molecule has 4 heteroatoms. The lowest BCUT2D eigenvalue weighted by Gasteiger charge is -1.95. The molecule has 1 N–H and O–H groups in total. The van der Waals surface area contributed by atoms with Crippen LogP contribution in [-0.4, -0.2) is 11.4 Å². The summed E-state index contributed by atoms with van der Waals surface area (Å²) in [6.45, 7) is 2.14. The smallest absolute Gasteiger partial charge is 0.211 e. The molecule has 2 aromatic rings. The zero-order valence-corrected chi connectivity index (χ0v) is 9.30. The van der Waals surface area contributed by atoms with Crippen LogP contribution >= 0.6 is 11.3 Å². The third-order valence-electron chi connectivity index (χ3n) is 2.12. The quantitative estimate of drug-likeness (QED) is 0.805. The number of carbonyl (C=O) groups excluding carboxylic acids is 1. The van der Waals surface area contributed by atoms with E-state index >= 15 is 0 Å². The van der Waals surface area contributed by atoms with E-state index in [1.807, 2.05) is 18.2 Å². The van der Waals surface area contributed by atoms with Gasteiger partial charge in [-0.2, -0.15) is 0 Å². The number of aryl methyl sites for hydroxylation is 1. The molecule has 0 spiro atoms. The highest BCUT2D eigenvalue weighted by Gasteiger charge is 2.03. The molecular weight excluding hydrogens is 208 g/mol. The first kappa shape index (κ1) is 10.1. The van der Waals surface area contributed by atoms with Crippen molar-refractivity contribution in [1.82, 2.24) is 4.98 Å². The fraction of sp³-hybridized carbons (Fsp3) is 0.273. The van der Waals surface area contributed by atoms with Gasteiger partial charge in [-0.05, 0) is 31.0 Å². The molecular formula is C11H12N2OS. The van der Waals surface area contributed by atoms with Gasteiger partial charge in [0.2, 0.25) is 6.41 Å². The SMILES string of the molecule is CCCc1nc2ccc(NC=O)cc2s1. The average molecular weight is 220 g/mol. The minimum absolute atomic E-state index is 0.690. The Morgan fingerprint density at radius 3 is 3.13 bits per heavy atom. The number of carbonyl (C=O) groups is 1. The van der Waals surface area contributed by atoms with Gasteiger partial charge in [0.15, 0.2) is 0 Å². The molecule has 1 aromatic heterocycles. The van der Waals surface area contributed by atoms with Crippen LogP contribution in [0.5, 0.6) is 0 Å². The molecule has 0 unspecified atom stereocenters. The first-order chi connectivity index (χ1) is 7.33. The number of rotatable bonds is 4. The number of thiazole rings is 1. The van der Waals surface area contributed by atoms with Crippen molar-refractivity contribution >= 4 is 33.7 Å². The number of fused-ring (bicyclic) bond motifs is 1. The maximum Gasteiger partial charge on any atom is 0.211 e. The van der Waals surface area contributed by atoms with Gasteiger partial charge in [0.05, 0.1) is 15.2 Å². The number of anilines is 1. The van der Waals surface area contributed by atoms with E-state index in [9.17, 15) is 4.79 Å². The van der Waals surface area contributed by atoms with Crippen LogP contribution in [0.2, 0.25) is 0 Å². The topological polar surface area (TPSA) is 42.0 Å². The maximum absolute atomic E-state index is 10.3. The zero-order valence-electron chi connectivity index (χ0n) is 8.49. The van der Waals surface area contributed by atoms with Crippen LogP contribution in [0.1, 0.15) is 18.4 Å². The van der Waals surface area contributed by atoms with Crippen molar-refractivity contribution in [3.8, 4) is 0 Å².